The number of hydrogen-bond donors (Lipinski definition) is 1. The average molecular weight is 258 g/mol. The van der Waals surface area contributed by atoms with E-state index < -0.39 is 10.0 Å². The lowest BCUT2D eigenvalue weighted by atomic mass is 10.2. The van der Waals surface area contributed by atoms with Gasteiger partial charge >= 0.3 is 0 Å². The highest BCUT2D eigenvalue weighted by Crippen LogP contribution is 2.18. The quantitative estimate of drug-likeness (QED) is 0.802. The van der Waals surface area contributed by atoms with E-state index in [1.807, 2.05) is 0 Å². The number of nitrogens with two attached hydrogens (primary N) is 1. The zero-order valence-electron chi connectivity index (χ0n) is 10.1. The maximum Gasteiger partial charge on any atom is 0.243 e. The van der Waals surface area contributed by atoms with Crippen molar-refractivity contribution in [2.24, 2.45) is 5.73 Å². The van der Waals surface area contributed by atoms with Gasteiger partial charge in [0.05, 0.1) is 11.5 Å². The molecule has 0 aliphatic heterocycles. The van der Waals surface area contributed by atoms with Crippen molar-refractivity contribution in [3.8, 4) is 0 Å². The molecule has 1 aromatic carbocycles. The molecule has 0 radical (unpaired) electrons. The molecule has 17 heavy (non-hydrogen) atoms. The van der Waals surface area contributed by atoms with E-state index in [4.69, 9.17) is 10.5 Å². The van der Waals surface area contributed by atoms with Gasteiger partial charge in [0.25, 0.3) is 0 Å². The molecule has 0 saturated heterocycles. The molecule has 0 bridgehead atoms. The third-order valence-corrected chi connectivity index (χ3v) is 4.45. The zero-order chi connectivity index (χ0) is 12.9. The summed E-state index contributed by atoms with van der Waals surface area (Å²) in [6.45, 7) is 0.881. The monoisotopic (exact) mass is 258 g/mol. The van der Waals surface area contributed by atoms with Crippen molar-refractivity contribution in [2.45, 2.75) is 11.4 Å². The molecule has 0 aliphatic rings. The van der Waals surface area contributed by atoms with Gasteiger partial charge in [-0.15, -0.1) is 0 Å². The van der Waals surface area contributed by atoms with E-state index in [-0.39, 0.29) is 11.4 Å². The van der Waals surface area contributed by atoms with Gasteiger partial charge in [-0.05, 0) is 11.6 Å². The molecule has 0 heterocycles. The van der Waals surface area contributed by atoms with Crippen LogP contribution in [-0.4, -0.2) is 40.0 Å². The van der Waals surface area contributed by atoms with Crippen molar-refractivity contribution >= 4 is 10.0 Å². The number of sulfonamides is 1. The Hall–Kier alpha value is -0.950. The van der Waals surface area contributed by atoms with E-state index in [0.717, 1.165) is 0 Å². The maximum absolute atomic E-state index is 12.2. The van der Waals surface area contributed by atoms with Crippen molar-refractivity contribution in [1.29, 1.82) is 0 Å². The normalized spacial score (nSPS) is 12.0. The Morgan fingerprint density at radius 2 is 2.00 bits per heavy atom. The second-order valence-corrected chi connectivity index (χ2v) is 5.64. The second-order valence-electron chi connectivity index (χ2n) is 3.63. The maximum atomic E-state index is 12.2. The molecule has 1 rings (SSSR count). The van der Waals surface area contributed by atoms with Crippen LogP contribution in [0.25, 0.3) is 0 Å². The number of methoxy groups -OCH3 is 1. The van der Waals surface area contributed by atoms with Crippen LogP contribution in [0, 0.1) is 0 Å². The number of rotatable bonds is 6. The van der Waals surface area contributed by atoms with Crippen molar-refractivity contribution in [1.82, 2.24) is 4.31 Å². The lowest BCUT2D eigenvalue weighted by Crippen LogP contribution is -2.31. The fourth-order valence-corrected chi connectivity index (χ4v) is 2.82. The molecule has 5 nitrogen and oxygen atoms in total. The predicted octanol–water partition coefficient (Wildman–Crippen LogP) is 0.412. The smallest absolute Gasteiger partial charge is 0.243 e. The summed E-state index contributed by atoms with van der Waals surface area (Å²) in [5.74, 6) is 0. The van der Waals surface area contributed by atoms with Gasteiger partial charge in [-0.25, -0.2) is 8.42 Å². The molecule has 6 heteroatoms. The minimum atomic E-state index is -3.48. The molecular formula is C11H18N2O3S. The van der Waals surface area contributed by atoms with Gasteiger partial charge in [-0.3, -0.25) is 0 Å². The Balaban J connectivity index is 3.04. The second kappa shape index (κ2) is 6.11. The van der Waals surface area contributed by atoms with Gasteiger partial charge in [0.1, 0.15) is 0 Å². The first kappa shape index (κ1) is 14.1. The fourth-order valence-electron chi connectivity index (χ4n) is 1.43. The molecule has 0 aliphatic carbocycles. The molecule has 0 spiro atoms. The van der Waals surface area contributed by atoms with Crippen LogP contribution in [0.15, 0.2) is 29.2 Å². The summed E-state index contributed by atoms with van der Waals surface area (Å²) in [5, 5.41) is 0. The number of benzene rings is 1. The minimum Gasteiger partial charge on any atom is -0.383 e. The lowest BCUT2D eigenvalue weighted by Gasteiger charge is -2.18. The van der Waals surface area contributed by atoms with E-state index in [9.17, 15) is 8.42 Å². The first-order valence-electron chi connectivity index (χ1n) is 5.27. The molecule has 1 aromatic rings. The molecule has 96 valence electrons. The Morgan fingerprint density at radius 3 is 2.59 bits per heavy atom. The molecule has 0 fully saturated rings. The summed E-state index contributed by atoms with van der Waals surface area (Å²) >= 11 is 0. The van der Waals surface area contributed by atoms with Crippen molar-refractivity contribution < 1.29 is 13.2 Å². The zero-order valence-corrected chi connectivity index (χ0v) is 10.9. The van der Waals surface area contributed by atoms with Gasteiger partial charge < -0.3 is 10.5 Å². The highest BCUT2D eigenvalue weighted by molar-refractivity contribution is 7.89. The van der Waals surface area contributed by atoms with E-state index >= 15 is 0 Å². The Kier molecular flexibility index (Phi) is 5.07. The number of nitrogens with zero attached hydrogens (tertiary/aromatic N) is 1. The van der Waals surface area contributed by atoms with E-state index in [2.05, 4.69) is 0 Å². The summed E-state index contributed by atoms with van der Waals surface area (Å²) in [6, 6.07) is 6.75. The largest absolute Gasteiger partial charge is 0.383 e. The van der Waals surface area contributed by atoms with Gasteiger partial charge in [0.15, 0.2) is 0 Å². The molecule has 0 amide bonds. The third kappa shape index (κ3) is 3.26. The Labute approximate surface area is 102 Å². The third-order valence-electron chi connectivity index (χ3n) is 2.49. The molecular weight excluding hydrogens is 240 g/mol. The molecule has 2 N–H and O–H groups in total. The number of ether oxygens (including phenoxy) is 1. The van der Waals surface area contributed by atoms with Crippen LogP contribution in [0.2, 0.25) is 0 Å². The van der Waals surface area contributed by atoms with Crippen LogP contribution in [0.3, 0.4) is 0 Å². The standard InChI is InChI=1S/C11H18N2O3S/c1-13(7-8-16-2)17(14,15)11-6-4-3-5-10(11)9-12/h3-6H,7-9,12H2,1-2H3. The first-order valence-corrected chi connectivity index (χ1v) is 6.71. The number of likely N-dealkylation sites (N-methyl/N-ethyl adjacent to an activating group) is 1. The van der Waals surface area contributed by atoms with Crippen molar-refractivity contribution in [2.75, 3.05) is 27.3 Å². The van der Waals surface area contributed by atoms with E-state index in [1.54, 1.807) is 24.3 Å². The molecule has 0 unspecified atom stereocenters. The van der Waals surface area contributed by atoms with Crippen molar-refractivity contribution in [3.05, 3.63) is 29.8 Å². The van der Waals surface area contributed by atoms with Crippen LogP contribution in [-0.2, 0) is 21.3 Å². The molecule has 0 aromatic heterocycles. The SMILES string of the molecule is COCCN(C)S(=O)(=O)c1ccccc1CN. The average Bonchev–Trinajstić information content (AvgIpc) is 2.35. The van der Waals surface area contributed by atoms with E-state index in [1.165, 1.54) is 18.5 Å². The van der Waals surface area contributed by atoms with Crippen LogP contribution < -0.4 is 5.73 Å². The van der Waals surface area contributed by atoms with Gasteiger partial charge in [0.2, 0.25) is 10.0 Å². The Morgan fingerprint density at radius 1 is 1.35 bits per heavy atom. The van der Waals surface area contributed by atoms with E-state index in [0.29, 0.717) is 18.7 Å². The fraction of sp³-hybridized carbons (Fsp3) is 0.455. The number of hydrogen-bond acceptors (Lipinski definition) is 4. The summed E-state index contributed by atoms with van der Waals surface area (Å²) < 4.78 is 30.6. The molecule has 0 saturated carbocycles. The van der Waals surface area contributed by atoms with Crippen molar-refractivity contribution in [3.63, 3.8) is 0 Å². The highest BCUT2D eigenvalue weighted by atomic mass is 32.2. The first-order chi connectivity index (χ1) is 8.04. The summed E-state index contributed by atoms with van der Waals surface area (Å²) in [7, 11) is -0.415. The summed E-state index contributed by atoms with van der Waals surface area (Å²) in [5.41, 5.74) is 6.16. The van der Waals surface area contributed by atoms with Gasteiger partial charge in [-0.2, -0.15) is 4.31 Å². The summed E-state index contributed by atoms with van der Waals surface area (Å²) in [6.07, 6.45) is 0. The van der Waals surface area contributed by atoms with Crippen LogP contribution in [0.1, 0.15) is 5.56 Å². The Bertz CT molecular complexity index is 460. The highest BCUT2D eigenvalue weighted by Gasteiger charge is 2.22. The lowest BCUT2D eigenvalue weighted by molar-refractivity contribution is 0.185. The van der Waals surface area contributed by atoms with Gasteiger partial charge in [0, 0.05) is 27.2 Å². The predicted molar refractivity (Wildman–Crippen MR) is 66.0 cm³/mol. The van der Waals surface area contributed by atoms with Crippen LogP contribution in [0.5, 0.6) is 0 Å². The van der Waals surface area contributed by atoms with Gasteiger partial charge in [-0.1, -0.05) is 18.2 Å². The van der Waals surface area contributed by atoms with Crippen LogP contribution >= 0.6 is 0 Å². The summed E-state index contributed by atoms with van der Waals surface area (Å²) in [4.78, 5) is 0.265. The topological polar surface area (TPSA) is 72.6 Å². The minimum absolute atomic E-state index is 0.202. The van der Waals surface area contributed by atoms with Crippen LogP contribution in [0.4, 0.5) is 0 Å². The molecule has 0 atom stereocenters.